The smallest absolute Gasteiger partial charge is 0.337 e. The molecule has 0 aliphatic carbocycles. The van der Waals surface area contributed by atoms with E-state index in [0.29, 0.717) is 18.7 Å². The molecular formula is C21H22N4O3. The fourth-order valence-corrected chi connectivity index (χ4v) is 3.27. The molecule has 2 aromatic carbocycles. The van der Waals surface area contributed by atoms with Gasteiger partial charge in [0.1, 0.15) is 5.69 Å². The Morgan fingerprint density at radius 3 is 2.64 bits per heavy atom. The maximum absolute atomic E-state index is 11.5. The fourth-order valence-electron chi connectivity index (χ4n) is 3.27. The molecular weight excluding hydrogens is 356 g/mol. The summed E-state index contributed by atoms with van der Waals surface area (Å²) < 4.78 is 12.4. The van der Waals surface area contributed by atoms with Crippen LogP contribution in [-0.2, 0) is 16.0 Å². The number of methoxy groups -OCH3 is 1. The van der Waals surface area contributed by atoms with Crippen molar-refractivity contribution in [1.29, 1.82) is 0 Å². The summed E-state index contributed by atoms with van der Waals surface area (Å²) in [6.45, 7) is 4.10. The van der Waals surface area contributed by atoms with Crippen LogP contribution < -0.4 is 4.90 Å². The molecule has 0 spiro atoms. The Morgan fingerprint density at radius 1 is 1.18 bits per heavy atom. The third-order valence-electron chi connectivity index (χ3n) is 4.79. The van der Waals surface area contributed by atoms with Gasteiger partial charge >= 0.3 is 5.97 Å². The van der Waals surface area contributed by atoms with Crippen molar-refractivity contribution in [3.05, 3.63) is 77.1 Å². The van der Waals surface area contributed by atoms with Crippen molar-refractivity contribution in [2.24, 2.45) is 0 Å². The Labute approximate surface area is 163 Å². The van der Waals surface area contributed by atoms with Crippen molar-refractivity contribution >= 4 is 11.7 Å². The summed E-state index contributed by atoms with van der Waals surface area (Å²) in [6.07, 6.45) is 1.67. The van der Waals surface area contributed by atoms with Crippen molar-refractivity contribution in [2.75, 3.05) is 25.2 Å². The largest absolute Gasteiger partial charge is 0.465 e. The van der Waals surface area contributed by atoms with E-state index in [4.69, 9.17) is 9.47 Å². The van der Waals surface area contributed by atoms with Gasteiger partial charge < -0.3 is 14.4 Å². The quantitative estimate of drug-likeness (QED) is 0.636. The third kappa shape index (κ3) is 3.75. The number of carbonyl (C=O) groups is 1. The number of benzene rings is 2. The van der Waals surface area contributed by atoms with Crippen LogP contribution in [0.25, 0.3) is 0 Å². The van der Waals surface area contributed by atoms with Gasteiger partial charge in [-0.3, -0.25) is 0 Å². The second kappa shape index (κ2) is 7.82. The first-order chi connectivity index (χ1) is 13.6. The molecule has 2 heterocycles. The molecule has 0 saturated carbocycles. The number of carbonyl (C=O) groups excluding carboxylic acids is 1. The number of aromatic nitrogens is 3. The summed E-state index contributed by atoms with van der Waals surface area (Å²) in [7, 11) is 1.37. The van der Waals surface area contributed by atoms with Crippen LogP contribution in [0.4, 0.5) is 5.69 Å². The van der Waals surface area contributed by atoms with Crippen LogP contribution in [0.2, 0.25) is 0 Å². The van der Waals surface area contributed by atoms with Gasteiger partial charge in [-0.1, -0.05) is 35.0 Å². The molecule has 1 saturated heterocycles. The lowest BCUT2D eigenvalue weighted by atomic mass is 10.1. The molecule has 1 fully saturated rings. The molecule has 0 radical (unpaired) electrons. The number of anilines is 1. The van der Waals surface area contributed by atoms with Crippen molar-refractivity contribution in [3.63, 3.8) is 0 Å². The van der Waals surface area contributed by atoms with Gasteiger partial charge in [0.25, 0.3) is 0 Å². The van der Waals surface area contributed by atoms with Gasteiger partial charge in [-0.25, -0.2) is 9.48 Å². The van der Waals surface area contributed by atoms with Gasteiger partial charge in [0.2, 0.25) is 0 Å². The highest BCUT2D eigenvalue weighted by Crippen LogP contribution is 2.31. The fraction of sp³-hybridized carbons (Fsp3) is 0.286. The average molecular weight is 378 g/mol. The van der Waals surface area contributed by atoms with Crippen LogP contribution >= 0.6 is 0 Å². The third-order valence-corrected chi connectivity index (χ3v) is 4.79. The first-order valence-electron chi connectivity index (χ1n) is 9.16. The van der Waals surface area contributed by atoms with Crippen LogP contribution in [0.15, 0.2) is 54.7 Å². The molecule has 0 bridgehead atoms. The van der Waals surface area contributed by atoms with Gasteiger partial charge in [-0.05, 0) is 36.8 Å². The first-order valence-corrected chi connectivity index (χ1v) is 9.16. The number of nitrogens with zero attached hydrogens (tertiary/aromatic N) is 4. The Morgan fingerprint density at radius 2 is 1.93 bits per heavy atom. The summed E-state index contributed by atoms with van der Waals surface area (Å²) in [6, 6.07) is 15.7. The zero-order valence-electron chi connectivity index (χ0n) is 15.9. The molecule has 7 heteroatoms. The highest BCUT2D eigenvalue weighted by atomic mass is 16.5. The highest BCUT2D eigenvalue weighted by Gasteiger charge is 2.29. The molecule has 28 heavy (non-hydrogen) atoms. The number of ether oxygens (including phenoxy) is 2. The summed E-state index contributed by atoms with van der Waals surface area (Å²) in [4.78, 5) is 13.7. The zero-order chi connectivity index (χ0) is 19.5. The lowest BCUT2D eigenvalue weighted by Crippen LogP contribution is -2.23. The Kier molecular flexibility index (Phi) is 5.08. The number of rotatable bonds is 5. The molecule has 1 aliphatic rings. The van der Waals surface area contributed by atoms with Gasteiger partial charge in [0.15, 0.2) is 6.23 Å². The van der Waals surface area contributed by atoms with E-state index in [0.717, 1.165) is 23.5 Å². The van der Waals surface area contributed by atoms with Gasteiger partial charge in [0.05, 0.1) is 32.0 Å². The monoisotopic (exact) mass is 378 g/mol. The maximum Gasteiger partial charge on any atom is 0.337 e. The molecule has 0 N–H and O–H groups in total. The number of esters is 1. The van der Waals surface area contributed by atoms with E-state index in [1.165, 1.54) is 12.7 Å². The minimum atomic E-state index is -0.343. The predicted molar refractivity (Wildman–Crippen MR) is 104 cm³/mol. The Balaban J connectivity index is 1.47. The molecule has 7 nitrogen and oxygen atoms in total. The standard InChI is InChI=1S/C21H22N4O3/c1-15-3-9-18(10-4-15)25-11-12-28-20(25)19-14-24(23-22-19)13-16-5-7-17(8-6-16)21(26)27-2/h3-10,14,20H,11-13H2,1-2H3/t20-/m1/s1. The molecule has 1 aromatic heterocycles. The van der Waals surface area contributed by atoms with Crippen LogP contribution in [0, 0.1) is 6.92 Å². The second-order valence-electron chi connectivity index (χ2n) is 6.78. The van der Waals surface area contributed by atoms with E-state index >= 15 is 0 Å². The topological polar surface area (TPSA) is 69.5 Å². The number of aryl methyl sites for hydroxylation is 1. The second-order valence-corrected chi connectivity index (χ2v) is 6.78. The van der Waals surface area contributed by atoms with Crippen molar-refractivity contribution in [3.8, 4) is 0 Å². The van der Waals surface area contributed by atoms with Crippen LogP contribution in [-0.4, -0.2) is 41.2 Å². The van der Waals surface area contributed by atoms with Crippen LogP contribution in [0.3, 0.4) is 0 Å². The normalized spacial score (nSPS) is 16.4. The SMILES string of the molecule is COC(=O)c1ccc(Cn2cc([C@H]3OCCN3c3ccc(C)cc3)nn2)cc1. The van der Waals surface area contributed by atoms with E-state index in [-0.39, 0.29) is 12.2 Å². The van der Waals surface area contributed by atoms with Crippen LogP contribution in [0.5, 0.6) is 0 Å². The van der Waals surface area contributed by atoms with E-state index < -0.39 is 0 Å². The van der Waals surface area contributed by atoms with Crippen molar-refractivity contribution in [2.45, 2.75) is 19.7 Å². The van der Waals surface area contributed by atoms with Gasteiger partial charge in [0, 0.05) is 12.2 Å². The van der Waals surface area contributed by atoms with Gasteiger partial charge in [-0.2, -0.15) is 0 Å². The van der Waals surface area contributed by atoms with Crippen molar-refractivity contribution < 1.29 is 14.3 Å². The molecule has 4 rings (SSSR count). The Hall–Kier alpha value is -3.19. The van der Waals surface area contributed by atoms with Gasteiger partial charge in [-0.15, -0.1) is 5.10 Å². The minimum absolute atomic E-state index is 0.238. The molecule has 144 valence electrons. The number of hydrogen-bond acceptors (Lipinski definition) is 6. The molecule has 0 unspecified atom stereocenters. The summed E-state index contributed by atoms with van der Waals surface area (Å²) >= 11 is 0. The maximum atomic E-state index is 11.5. The molecule has 3 aromatic rings. The lowest BCUT2D eigenvalue weighted by Gasteiger charge is -2.23. The summed E-state index contributed by atoms with van der Waals surface area (Å²) in [5.74, 6) is -0.343. The van der Waals surface area contributed by atoms with E-state index in [2.05, 4.69) is 46.4 Å². The summed E-state index contributed by atoms with van der Waals surface area (Å²) in [5, 5.41) is 8.56. The summed E-state index contributed by atoms with van der Waals surface area (Å²) in [5.41, 5.74) is 4.67. The van der Waals surface area contributed by atoms with Crippen LogP contribution in [0.1, 0.15) is 33.4 Å². The van der Waals surface area contributed by atoms with Crippen molar-refractivity contribution in [1.82, 2.24) is 15.0 Å². The van der Waals surface area contributed by atoms with E-state index in [9.17, 15) is 4.79 Å². The molecule has 1 atom stereocenters. The number of hydrogen-bond donors (Lipinski definition) is 0. The predicted octanol–water partition coefficient (Wildman–Crippen LogP) is 2.96. The Bertz CT molecular complexity index is 951. The molecule has 1 aliphatic heterocycles. The lowest BCUT2D eigenvalue weighted by molar-refractivity contribution is 0.0600. The highest BCUT2D eigenvalue weighted by molar-refractivity contribution is 5.89. The first kappa shape index (κ1) is 18.2. The average Bonchev–Trinajstić information content (AvgIpc) is 3.38. The van der Waals surface area contributed by atoms with E-state index in [1.54, 1.807) is 16.8 Å². The molecule has 0 amide bonds. The zero-order valence-corrected chi connectivity index (χ0v) is 15.9. The van der Waals surface area contributed by atoms with E-state index in [1.807, 2.05) is 18.3 Å². The minimum Gasteiger partial charge on any atom is -0.465 e.